The number of amides is 1. The minimum atomic E-state index is -4.14. The van der Waals surface area contributed by atoms with E-state index in [0.717, 1.165) is 0 Å². The van der Waals surface area contributed by atoms with E-state index >= 15 is 0 Å². The van der Waals surface area contributed by atoms with Crippen LogP contribution < -0.4 is 19.0 Å². The fourth-order valence-electron chi connectivity index (χ4n) is 2.80. The smallest absolute Gasteiger partial charge is 0.339 e. The third kappa shape index (κ3) is 6.07. The van der Waals surface area contributed by atoms with Crippen molar-refractivity contribution in [2.24, 2.45) is 0 Å². The lowest BCUT2D eigenvalue weighted by Crippen LogP contribution is -2.13. The van der Waals surface area contributed by atoms with Crippen LogP contribution in [0.15, 0.2) is 77.2 Å². The molecule has 0 aliphatic rings. The van der Waals surface area contributed by atoms with Gasteiger partial charge in [-0.2, -0.15) is 13.7 Å². The number of rotatable bonds is 8. The molecule has 0 spiro atoms. The maximum Gasteiger partial charge on any atom is 0.339 e. The molecule has 1 N–H and O–H groups in total. The van der Waals surface area contributed by atoms with Crippen molar-refractivity contribution in [1.82, 2.24) is 0 Å². The maximum atomic E-state index is 12.6. The van der Waals surface area contributed by atoms with Crippen molar-refractivity contribution in [2.45, 2.75) is 4.90 Å². The van der Waals surface area contributed by atoms with Crippen LogP contribution in [0.1, 0.15) is 5.56 Å². The third-order valence-corrected chi connectivity index (χ3v) is 6.01. The van der Waals surface area contributed by atoms with E-state index in [1.54, 1.807) is 24.3 Å². The molecule has 174 valence electrons. The molecular formula is C24H19ClN2O6S. The zero-order valence-electron chi connectivity index (χ0n) is 18.1. The zero-order chi connectivity index (χ0) is 24.7. The van der Waals surface area contributed by atoms with Crippen LogP contribution in [-0.4, -0.2) is 28.5 Å². The lowest BCUT2D eigenvalue weighted by molar-refractivity contribution is -0.112. The summed E-state index contributed by atoms with van der Waals surface area (Å²) in [6.45, 7) is 0. The highest BCUT2D eigenvalue weighted by molar-refractivity contribution is 7.87. The first-order valence-electron chi connectivity index (χ1n) is 9.71. The lowest BCUT2D eigenvalue weighted by Gasteiger charge is -2.12. The number of hydrogen-bond donors (Lipinski definition) is 1. The Kier molecular flexibility index (Phi) is 7.79. The first-order chi connectivity index (χ1) is 16.2. The van der Waals surface area contributed by atoms with Crippen molar-refractivity contribution in [3.63, 3.8) is 0 Å². The Morgan fingerprint density at radius 3 is 2.24 bits per heavy atom. The number of methoxy groups -OCH3 is 2. The van der Waals surface area contributed by atoms with E-state index in [-0.39, 0.29) is 22.0 Å². The standard InChI is InChI=1S/C24H19ClN2O6S/c1-31-20-8-6-19(7-9-20)27-24(28)17(15-26)13-16-3-12-22(23(14-16)32-2)33-34(29,30)21-10-4-18(25)5-11-21/h3-14H,1-2H3,(H,27,28)/b17-13+. The lowest BCUT2D eigenvalue weighted by atomic mass is 10.1. The van der Waals surface area contributed by atoms with Crippen molar-refractivity contribution >= 4 is 39.4 Å². The largest absolute Gasteiger partial charge is 0.497 e. The fourth-order valence-corrected chi connectivity index (χ4v) is 3.86. The van der Waals surface area contributed by atoms with Gasteiger partial charge in [0, 0.05) is 10.7 Å². The molecule has 0 aliphatic heterocycles. The minimum absolute atomic E-state index is 0.0595. The molecule has 0 saturated carbocycles. The van der Waals surface area contributed by atoms with Crippen LogP contribution in [0.25, 0.3) is 6.08 Å². The molecule has 1 amide bonds. The van der Waals surface area contributed by atoms with E-state index in [2.05, 4.69) is 5.32 Å². The molecule has 0 radical (unpaired) electrons. The van der Waals surface area contributed by atoms with Crippen molar-refractivity contribution in [3.05, 3.63) is 82.9 Å². The van der Waals surface area contributed by atoms with E-state index in [1.807, 2.05) is 6.07 Å². The van der Waals surface area contributed by atoms with Gasteiger partial charge in [-0.3, -0.25) is 4.79 Å². The number of nitriles is 1. The van der Waals surface area contributed by atoms with Crippen LogP contribution in [0.5, 0.6) is 17.2 Å². The SMILES string of the molecule is COc1ccc(NC(=O)/C(C#N)=C/c2ccc(OS(=O)(=O)c3ccc(Cl)cc3)c(OC)c2)cc1. The van der Waals surface area contributed by atoms with Crippen molar-refractivity contribution in [1.29, 1.82) is 5.26 Å². The number of hydrogen-bond acceptors (Lipinski definition) is 7. The molecule has 8 nitrogen and oxygen atoms in total. The Hall–Kier alpha value is -4.00. The monoisotopic (exact) mass is 498 g/mol. The summed E-state index contributed by atoms with van der Waals surface area (Å²) in [5.74, 6) is 0.0498. The van der Waals surface area contributed by atoms with Crippen LogP contribution in [-0.2, 0) is 14.9 Å². The molecule has 0 bridgehead atoms. The fraction of sp³-hybridized carbons (Fsp3) is 0.0833. The zero-order valence-corrected chi connectivity index (χ0v) is 19.7. The molecule has 10 heteroatoms. The topological polar surface area (TPSA) is 115 Å². The summed E-state index contributed by atoms with van der Waals surface area (Å²) in [5.41, 5.74) is 0.746. The maximum absolute atomic E-state index is 12.6. The predicted octanol–water partition coefficient (Wildman–Crippen LogP) is 4.67. The van der Waals surface area contributed by atoms with E-state index in [4.69, 9.17) is 25.3 Å². The summed E-state index contributed by atoms with van der Waals surface area (Å²) in [6, 6.07) is 18.3. The van der Waals surface area contributed by atoms with E-state index < -0.39 is 16.0 Å². The number of benzene rings is 3. The van der Waals surface area contributed by atoms with E-state index in [0.29, 0.717) is 22.0 Å². The second-order valence-corrected chi connectivity index (χ2v) is 8.74. The molecule has 0 fully saturated rings. The van der Waals surface area contributed by atoms with Gasteiger partial charge in [0.15, 0.2) is 11.5 Å². The molecular weight excluding hydrogens is 480 g/mol. The van der Waals surface area contributed by atoms with Gasteiger partial charge in [-0.15, -0.1) is 0 Å². The van der Waals surface area contributed by atoms with Crippen LogP contribution in [0, 0.1) is 11.3 Å². The molecule has 3 rings (SSSR count). The highest BCUT2D eigenvalue weighted by Crippen LogP contribution is 2.32. The van der Waals surface area contributed by atoms with Crippen molar-refractivity contribution in [2.75, 3.05) is 19.5 Å². The third-order valence-electron chi connectivity index (χ3n) is 4.51. The summed E-state index contributed by atoms with van der Waals surface area (Å²) in [7, 11) is -1.27. The van der Waals surface area contributed by atoms with Gasteiger partial charge in [0.25, 0.3) is 5.91 Å². The molecule has 0 unspecified atom stereocenters. The molecule has 34 heavy (non-hydrogen) atoms. The van der Waals surface area contributed by atoms with Gasteiger partial charge in [0.1, 0.15) is 22.3 Å². The Morgan fingerprint density at radius 1 is 0.971 bits per heavy atom. The van der Waals surface area contributed by atoms with Gasteiger partial charge in [-0.1, -0.05) is 17.7 Å². The van der Waals surface area contributed by atoms with E-state index in [1.165, 1.54) is 62.8 Å². The van der Waals surface area contributed by atoms with Gasteiger partial charge in [0.2, 0.25) is 0 Å². The number of nitrogens with zero attached hydrogens (tertiary/aromatic N) is 1. The van der Waals surface area contributed by atoms with Gasteiger partial charge < -0.3 is 19.0 Å². The Labute approximate surface area is 202 Å². The predicted molar refractivity (Wildman–Crippen MR) is 127 cm³/mol. The van der Waals surface area contributed by atoms with Crippen LogP contribution in [0.4, 0.5) is 5.69 Å². The van der Waals surface area contributed by atoms with Crippen LogP contribution >= 0.6 is 11.6 Å². The van der Waals surface area contributed by atoms with Crippen LogP contribution in [0.2, 0.25) is 5.02 Å². The molecule has 3 aromatic carbocycles. The van der Waals surface area contributed by atoms with Gasteiger partial charge >= 0.3 is 10.1 Å². The summed E-state index contributed by atoms with van der Waals surface area (Å²) in [5, 5.41) is 12.5. The summed E-state index contributed by atoms with van der Waals surface area (Å²) in [4.78, 5) is 12.4. The van der Waals surface area contributed by atoms with Gasteiger partial charge in [0.05, 0.1) is 14.2 Å². The number of carbonyl (C=O) groups is 1. The molecule has 0 heterocycles. The first-order valence-corrected chi connectivity index (χ1v) is 11.5. The number of nitrogens with one attached hydrogen (secondary N) is 1. The summed E-state index contributed by atoms with van der Waals surface area (Å²) < 4.78 is 40.6. The molecule has 0 saturated heterocycles. The number of anilines is 1. The highest BCUT2D eigenvalue weighted by Gasteiger charge is 2.19. The second kappa shape index (κ2) is 10.7. The Balaban J connectivity index is 1.82. The molecule has 0 atom stereocenters. The van der Waals surface area contributed by atoms with Crippen LogP contribution in [0.3, 0.4) is 0 Å². The number of halogens is 1. The molecule has 3 aromatic rings. The quantitative estimate of drug-likeness (QED) is 0.272. The van der Waals surface area contributed by atoms with Crippen molar-refractivity contribution in [3.8, 4) is 23.3 Å². The highest BCUT2D eigenvalue weighted by atomic mass is 35.5. The second-order valence-electron chi connectivity index (χ2n) is 6.75. The normalized spacial score (nSPS) is 11.3. The Bertz CT molecular complexity index is 1360. The molecule has 0 aliphatic carbocycles. The van der Waals surface area contributed by atoms with Crippen molar-refractivity contribution < 1.29 is 26.9 Å². The average molecular weight is 499 g/mol. The minimum Gasteiger partial charge on any atom is -0.497 e. The van der Waals surface area contributed by atoms with Gasteiger partial charge in [-0.05, 0) is 72.3 Å². The average Bonchev–Trinajstić information content (AvgIpc) is 2.83. The summed E-state index contributed by atoms with van der Waals surface area (Å²) in [6.07, 6.45) is 1.35. The van der Waals surface area contributed by atoms with E-state index in [9.17, 15) is 18.5 Å². The first kappa shape index (κ1) is 24.6. The van der Waals surface area contributed by atoms with Gasteiger partial charge in [-0.25, -0.2) is 0 Å². The number of ether oxygens (including phenoxy) is 2. The Morgan fingerprint density at radius 2 is 1.65 bits per heavy atom. The summed E-state index contributed by atoms with van der Waals surface area (Å²) >= 11 is 5.80. The molecule has 0 aromatic heterocycles. The number of carbonyl (C=O) groups excluding carboxylic acids is 1.